The van der Waals surface area contributed by atoms with Crippen molar-refractivity contribution >= 4 is 23.7 Å². The van der Waals surface area contributed by atoms with E-state index in [0.29, 0.717) is 10.8 Å². The molecule has 5 nitrogen and oxygen atoms in total. The van der Waals surface area contributed by atoms with Gasteiger partial charge in [0, 0.05) is 23.0 Å². The summed E-state index contributed by atoms with van der Waals surface area (Å²) in [6.07, 6.45) is 4.16. The second kappa shape index (κ2) is 7.56. The number of aromatic nitrogens is 1. The Balaban J connectivity index is 1.91. The first kappa shape index (κ1) is 16.0. The van der Waals surface area contributed by atoms with Crippen LogP contribution in [0, 0.1) is 6.92 Å². The van der Waals surface area contributed by atoms with Crippen LogP contribution in [0.4, 0.5) is 0 Å². The monoisotopic (exact) mass is 317 g/mol. The summed E-state index contributed by atoms with van der Waals surface area (Å²) in [7, 11) is 0. The summed E-state index contributed by atoms with van der Waals surface area (Å²) in [4.78, 5) is 15.9. The number of halogens is 1. The van der Waals surface area contributed by atoms with Crippen LogP contribution >= 0.6 is 11.6 Å². The zero-order chi connectivity index (χ0) is 15.9. The fraction of sp³-hybridized carbons (Fsp3) is 0.188. The molecule has 0 bridgehead atoms. The van der Waals surface area contributed by atoms with Crippen molar-refractivity contribution < 1.29 is 9.53 Å². The Kier molecular flexibility index (Phi) is 5.49. The van der Waals surface area contributed by atoms with Crippen molar-refractivity contribution in [3.63, 3.8) is 0 Å². The lowest BCUT2D eigenvalue weighted by molar-refractivity contribution is -0.127. The van der Waals surface area contributed by atoms with E-state index >= 15 is 0 Å². The highest BCUT2D eigenvalue weighted by molar-refractivity contribution is 6.30. The van der Waals surface area contributed by atoms with E-state index in [1.165, 1.54) is 6.21 Å². The maximum absolute atomic E-state index is 11.9. The number of ether oxygens (including phenoxy) is 1. The lowest BCUT2D eigenvalue weighted by Crippen LogP contribution is -2.33. The highest BCUT2D eigenvalue weighted by atomic mass is 35.5. The summed E-state index contributed by atoms with van der Waals surface area (Å²) in [6, 6.07) is 8.86. The highest BCUT2D eigenvalue weighted by Gasteiger charge is 2.15. The van der Waals surface area contributed by atoms with Crippen LogP contribution in [0.3, 0.4) is 0 Å². The van der Waals surface area contributed by atoms with Crippen LogP contribution in [-0.4, -0.2) is 23.2 Å². The molecule has 2 aromatic rings. The number of nitrogens with zero attached hydrogens (tertiary/aromatic N) is 2. The highest BCUT2D eigenvalue weighted by Crippen LogP contribution is 2.22. The maximum Gasteiger partial charge on any atom is 0.280 e. The minimum Gasteiger partial charge on any atom is -0.481 e. The standard InChI is InChI=1S/C16H16ClN3O2/c1-11-8-14(17)5-6-15(11)22-12(2)16(21)20-19-10-13-4-3-7-18-9-13/h3-10,12H,1-2H3,(H,20,21)/b19-10+. The molecule has 114 valence electrons. The molecule has 2 rings (SSSR count). The molecule has 0 radical (unpaired) electrons. The minimum absolute atomic E-state index is 0.338. The van der Waals surface area contributed by atoms with E-state index in [4.69, 9.17) is 16.3 Å². The molecule has 1 unspecified atom stereocenters. The second-order valence-electron chi connectivity index (χ2n) is 4.69. The zero-order valence-electron chi connectivity index (χ0n) is 12.3. The van der Waals surface area contributed by atoms with Gasteiger partial charge < -0.3 is 4.74 Å². The predicted molar refractivity (Wildman–Crippen MR) is 86.3 cm³/mol. The van der Waals surface area contributed by atoms with Gasteiger partial charge in [0.1, 0.15) is 5.75 Å². The van der Waals surface area contributed by atoms with Crippen molar-refractivity contribution in [1.82, 2.24) is 10.4 Å². The molecule has 0 aliphatic carbocycles. The lowest BCUT2D eigenvalue weighted by atomic mass is 10.2. The summed E-state index contributed by atoms with van der Waals surface area (Å²) < 4.78 is 5.61. The molecule has 1 heterocycles. The number of carbonyl (C=O) groups excluding carboxylic acids is 1. The first-order valence-electron chi connectivity index (χ1n) is 6.72. The summed E-state index contributed by atoms with van der Waals surface area (Å²) in [5, 5.41) is 4.50. The van der Waals surface area contributed by atoms with Crippen LogP contribution in [0.2, 0.25) is 5.02 Å². The number of pyridine rings is 1. The summed E-state index contributed by atoms with van der Waals surface area (Å²) >= 11 is 5.88. The minimum atomic E-state index is -0.675. The number of aryl methyl sites for hydroxylation is 1. The van der Waals surface area contributed by atoms with Crippen LogP contribution in [0.15, 0.2) is 47.8 Å². The van der Waals surface area contributed by atoms with Crippen molar-refractivity contribution in [2.75, 3.05) is 0 Å². The Hall–Kier alpha value is -2.40. The quantitative estimate of drug-likeness (QED) is 0.681. The molecule has 0 saturated carbocycles. The van der Waals surface area contributed by atoms with E-state index in [-0.39, 0.29) is 5.91 Å². The predicted octanol–water partition coefficient (Wildman–Crippen LogP) is 2.96. The van der Waals surface area contributed by atoms with Gasteiger partial charge in [0.25, 0.3) is 5.91 Å². The SMILES string of the molecule is Cc1cc(Cl)ccc1OC(C)C(=O)N/N=C/c1cccnc1. The number of hydrazone groups is 1. The first-order valence-corrected chi connectivity index (χ1v) is 7.10. The number of hydrogen-bond donors (Lipinski definition) is 1. The Morgan fingerprint density at radius 2 is 2.27 bits per heavy atom. The van der Waals surface area contributed by atoms with Crippen molar-refractivity contribution in [3.05, 3.63) is 58.9 Å². The molecule has 0 fully saturated rings. The second-order valence-corrected chi connectivity index (χ2v) is 5.13. The number of benzene rings is 1. The van der Waals surface area contributed by atoms with Crippen LogP contribution in [0.1, 0.15) is 18.1 Å². The zero-order valence-corrected chi connectivity index (χ0v) is 13.0. The van der Waals surface area contributed by atoms with Gasteiger partial charge in [0.15, 0.2) is 6.10 Å². The third-order valence-corrected chi connectivity index (χ3v) is 3.12. The Morgan fingerprint density at radius 1 is 1.45 bits per heavy atom. The van der Waals surface area contributed by atoms with Crippen LogP contribution in [0.25, 0.3) is 0 Å². The average molecular weight is 318 g/mol. The molecule has 22 heavy (non-hydrogen) atoms. The number of nitrogens with one attached hydrogen (secondary N) is 1. The van der Waals surface area contributed by atoms with E-state index in [1.807, 2.05) is 13.0 Å². The smallest absolute Gasteiger partial charge is 0.280 e. The van der Waals surface area contributed by atoms with Crippen molar-refractivity contribution in [1.29, 1.82) is 0 Å². The third-order valence-electron chi connectivity index (χ3n) is 2.88. The van der Waals surface area contributed by atoms with Gasteiger partial charge in [-0.25, -0.2) is 5.43 Å². The fourth-order valence-electron chi connectivity index (χ4n) is 1.70. The Morgan fingerprint density at radius 3 is 2.95 bits per heavy atom. The van der Waals surface area contributed by atoms with E-state index in [2.05, 4.69) is 15.5 Å². The normalized spacial score (nSPS) is 12.1. The number of carbonyl (C=O) groups is 1. The van der Waals surface area contributed by atoms with E-state index in [9.17, 15) is 4.79 Å². The van der Waals surface area contributed by atoms with Gasteiger partial charge in [0.2, 0.25) is 0 Å². The van der Waals surface area contributed by atoms with Gasteiger partial charge in [-0.05, 0) is 43.7 Å². The Bertz CT molecular complexity index is 674. The van der Waals surface area contributed by atoms with Gasteiger partial charge in [-0.2, -0.15) is 5.10 Å². The van der Waals surface area contributed by atoms with Crippen LogP contribution in [-0.2, 0) is 4.79 Å². The van der Waals surface area contributed by atoms with E-state index < -0.39 is 6.10 Å². The molecule has 1 aromatic heterocycles. The van der Waals surface area contributed by atoms with Crippen LogP contribution in [0.5, 0.6) is 5.75 Å². The van der Waals surface area contributed by atoms with E-state index in [1.54, 1.807) is 43.6 Å². The molecule has 1 amide bonds. The summed E-state index contributed by atoms with van der Waals surface area (Å²) in [6.45, 7) is 3.52. The molecule has 0 spiro atoms. The van der Waals surface area contributed by atoms with E-state index in [0.717, 1.165) is 11.1 Å². The third kappa shape index (κ3) is 4.56. The number of rotatable bonds is 5. The first-order chi connectivity index (χ1) is 10.6. The van der Waals surface area contributed by atoms with Gasteiger partial charge in [-0.15, -0.1) is 0 Å². The summed E-state index contributed by atoms with van der Waals surface area (Å²) in [5.74, 6) is 0.276. The molecule has 0 aliphatic heterocycles. The van der Waals surface area contributed by atoms with Crippen molar-refractivity contribution in [3.8, 4) is 5.75 Å². The number of hydrogen-bond acceptors (Lipinski definition) is 4. The van der Waals surface area contributed by atoms with Gasteiger partial charge in [0.05, 0.1) is 6.21 Å². The van der Waals surface area contributed by atoms with Crippen molar-refractivity contribution in [2.24, 2.45) is 5.10 Å². The number of amides is 1. The topological polar surface area (TPSA) is 63.6 Å². The molecule has 1 atom stereocenters. The largest absolute Gasteiger partial charge is 0.481 e. The fourth-order valence-corrected chi connectivity index (χ4v) is 1.93. The lowest BCUT2D eigenvalue weighted by Gasteiger charge is -2.14. The molecule has 0 saturated heterocycles. The molecular weight excluding hydrogens is 302 g/mol. The molecule has 1 aromatic carbocycles. The molecular formula is C16H16ClN3O2. The maximum atomic E-state index is 11.9. The van der Waals surface area contributed by atoms with Gasteiger partial charge in [-0.3, -0.25) is 9.78 Å². The van der Waals surface area contributed by atoms with Crippen molar-refractivity contribution in [2.45, 2.75) is 20.0 Å². The van der Waals surface area contributed by atoms with Gasteiger partial charge in [-0.1, -0.05) is 17.7 Å². The molecule has 6 heteroatoms. The molecule has 1 N–H and O–H groups in total. The average Bonchev–Trinajstić information content (AvgIpc) is 2.51. The molecule has 0 aliphatic rings. The Labute approximate surface area is 134 Å². The van der Waals surface area contributed by atoms with Gasteiger partial charge >= 0.3 is 0 Å². The summed E-state index contributed by atoms with van der Waals surface area (Å²) in [5.41, 5.74) is 4.10. The van der Waals surface area contributed by atoms with Crippen LogP contribution < -0.4 is 10.2 Å².